The van der Waals surface area contributed by atoms with Crippen molar-refractivity contribution in [2.75, 3.05) is 20.2 Å². The van der Waals surface area contributed by atoms with Crippen LogP contribution in [0.15, 0.2) is 0 Å². The fourth-order valence-electron chi connectivity index (χ4n) is 3.11. The average molecular weight is 239 g/mol. The van der Waals surface area contributed by atoms with Gasteiger partial charge in [-0.2, -0.15) is 0 Å². The van der Waals surface area contributed by atoms with Gasteiger partial charge in [0, 0.05) is 6.54 Å². The lowest BCUT2D eigenvalue weighted by molar-refractivity contribution is -0.0824. The first-order valence-electron chi connectivity index (χ1n) is 7.44. The summed E-state index contributed by atoms with van der Waals surface area (Å²) in [7, 11) is 2.05. The zero-order valence-electron chi connectivity index (χ0n) is 11.8. The van der Waals surface area contributed by atoms with Crippen molar-refractivity contribution in [2.45, 2.75) is 58.0 Å². The number of likely N-dealkylation sites (N-methyl/N-ethyl adjacent to an activating group) is 1. The number of ether oxygens (including phenoxy) is 1. The second-order valence-corrected chi connectivity index (χ2v) is 6.55. The van der Waals surface area contributed by atoms with Crippen molar-refractivity contribution in [3.63, 3.8) is 0 Å². The molecule has 2 aliphatic rings. The van der Waals surface area contributed by atoms with E-state index in [0.29, 0.717) is 0 Å². The van der Waals surface area contributed by atoms with Gasteiger partial charge in [-0.1, -0.05) is 13.8 Å². The highest BCUT2D eigenvalue weighted by Gasteiger charge is 2.37. The highest BCUT2D eigenvalue weighted by Crippen LogP contribution is 2.39. The van der Waals surface area contributed by atoms with E-state index in [2.05, 4.69) is 26.2 Å². The van der Waals surface area contributed by atoms with Crippen LogP contribution in [0.2, 0.25) is 0 Å². The quantitative estimate of drug-likeness (QED) is 0.768. The third-order valence-electron chi connectivity index (χ3n) is 4.71. The van der Waals surface area contributed by atoms with E-state index in [4.69, 9.17) is 4.74 Å². The first-order chi connectivity index (χ1) is 8.15. The maximum Gasteiger partial charge on any atom is 0.0806 e. The van der Waals surface area contributed by atoms with E-state index in [9.17, 15) is 0 Å². The SMILES string of the molecule is CNCC1(OCC2CC2)CCC(C(C)C)CC1. The third kappa shape index (κ3) is 3.69. The molecule has 17 heavy (non-hydrogen) atoms. The maximum absolute atomic E-state index is 6.30. The molecule has 0 saturated heterocycles. The van der Waals surface area contributed by atoms with Gasteiger partial charge >= 0.3 is 0 Å². The number of rotatable bonds is 6. The molecule has 2 saturated carbocycles. The average Bonchev–Trinajstić information content (AvgIpc) is 3.11. The first-order valence-corrected chi connectivity index (χ1v) is 7.44. The van der Waals surface area contributed by atoms with Crippen molar-refractivity contribution in [2.24, 2.45) is 17.8 Å². The Kier molecular flexibility index (Phi) is 4.48. The number of hydrogen-bond acceptors (Lipinski definition) is 2. The Morgan fingerprint density at radius 2 is 1.82 bits per heavy atom. The summed E-state index contributed by atoms with van der Waals surface area (Å²) in [5, 5.41) is 3.34. The molecule has 0 aromatic heterocycles. The fourth-order valence-corrected chi connectivity index (χ4v) is 3.11. The third-order valence-corrected chi connectivity index (χ3v) is 4.71. The molecule has 100 valence electrons. The van der Waals surface area contributed by atoms with Crippen LogP contribution in [0.3, 0.4) is 0 Å². The minimum absolute atomic E-state index is 0.155. The number of nitrogens with one attached hydrogen (secondary N) is 1. The molecule has 2 nitrogen and oxygen atoms in total. The molecule has 0 unspecified atom stereocenters. The Balaban J connectivity index is 1.84. The monoisotopic (exact) mass is 239 g/mol. The van der Waals surface area contributed by atoms with Crippen LogP contribution in [0.4, 0.5) is 0 Å². The Morgan fingerprint density at radius 1 is 1.18 bits per heavy atom. The van der Waals surface area contributed by atoms with Crippen LogP contribution in [0, 0.1) is 17.8 Å². The van der Waals surface area contributed by atoms with Gasteiger partial charge in [-0.05, 0) is 63.3 Å². The molecule has 0 amide bonds. The van der Waals surface area contributed by atoms with E-state index in [1.807, 2.05) is 0 Å². The molecule has 1 N–H and O–H groups in total. The zero-order chi connectivity index (χ0) is 12.3. The molecule has 2 rings (SSSR count). The van der Waals surface area contributed by atoms with Gasteiger partial charge < -0.3 is 10.1 Å². The molecular formula is C15H29NO. The van der Waals surface area contributed by atoms with E-state index in [1.165, 1.54) is 38.5 Å². The lowest BCUT2D eigenvalue weighted by Gasteiger charge is -2.41. The highest BCUT2D eigenvalue weighted by atomic mass is 16.5. The molecule has 0 aromatic rings. The van der Waals surface area contributed by atoms with Crippen LogP contribution >= 0.6 is 0 Å². The van der Waals surface area contributed by atoms with Crippen molar-refractivity contribution in [1.82, 2.24) is 5.32 Å². The summed E-state index contributed by atoms with van der Waals surface area (Å²) in [4.78, 5) is 0. The molecule has 0 aromatic carbocycles. The molecule has 0 radical (unpaired) electrons. The smallest absolute Gasteiger partial charge is 0.0806 e. The Bertz CT molecular complexity index is 227. The van der Waals surface area contributed by atoms with Gasteiger partial charge in [-0.25, -0.2) is 0 Å². The van der Waals surface area contributed by atoms with E-state index in [0.717, 1.165) is 30.9 Å². The zero-order valence-corrected chi connectivity index (χ0v) is 11.8. The fraction of sp³-hybridized carbons (Fsp3) is 1.00. The molecule has 2 aliphatic carbocycles. The molecule has 0 heterocycles. The van der Waals surface area contributed by atoms with E-state index in [-0.39, 0.29) is 5.60 Å². The predicted molar refractivity (Wildman–Crippen MR) is 72.1 cm³/mol. The van der Waals surface area contributed by atoms with Gasteiger partial charge in [-0.15, -0.1) is 0 Å². The van der Waals surface area contributed by atoms with Crippen LogP contribution in [0.25, 0.3) is 0 Å². The molecule has 0 bridgehead atoms. The standard InChI is InChI=1S/C15H29NO/c1-12(2)14-6-8-15(9-7-14,11-16-3)17-10-13-4-5-13/h12-14,16H,4-11H2,1-3H3. The van der Waals surface area contributed by atoms with Gasteiger partial charge in [0.1, 0.15) is 0 Å². The van der Waals surface area contributed by atoms with Gasteiger partial charge in [0.25, 0.3) is 0 Å². The van der Waals surface area contributed by atoms with Gasteiger partial charge in [0.15, 0.2) is 0 Å². The summed E-state index contributed by atoms with van der Waals surface area (Å²) in [5.41, 5.74) is 0.155. The van der Waals surface area contributed by atoms with Crippen molar-refractivity contribution in [1.29, 1.82) is 0 Å². The summed E-state index contributed by atoms with van der Waals surface area (Å²) in [6.45, 7) is 6.76. The van der Waals surface area contributed by atoms with Crippen molar-refractivity contribution >= 4 is 0 Å². The molecule has 0 atom stereocenters. The molecule has 2 heteroatoms. The molecule has 0 aliphatic heterocycles. The van der Waals surface area contributed by atoms with E-state index < -0.39 is 0 Å². The van der Waals surface area contributed by atoms with Crippen LogP contribution in [-0.2, 0) is 4.74 Å². The van der Waals surface area contributed by atoms with Crippen molar-refractivity contribution in [3.8, 4) is 0 Å². The van der Waals surface area contributed by atoms with Crippen molar-refractivity contribution < 1.29 is 4.74 Å². The lowest BCUT2D eigenvalue weighted by Crippen LogP contribution is -2.46. The maximum atomic E-state index is 6.30. The van der Waals surface area contributed by atoms with Crippen LogP contribution in [0.5, 0.6) is 0 Å². The Labute approximate surface area is 107 Å². The van der Waals surface area contributed by atoms with Gasteiger partial charge in [0.2, 0.25) is 0 Å². The van der Waals surface area contributed by atoms with E-state index in [1.54, 1.807) is 0 Å². The normalized spacial score (nSPS) is 34.2. The summed E-state index contributed by atoms with van der Waals surface area (Å²) >= 11 is 0. The first kappa shape index (κ1) is 13.4. The second-order valence-electron chi connectivity index (χ2n) is 6.55. The Morgan fingerprint density at radius 3 is 2.29 bits per heavy atom. The minimum Gasteiger partial charge on any atom is -0.373 e. The van der Waals surface area contributed by atoms with Crippen LogP contribution < -0.4 is 5.32 Å². The minimum atomic E-state index is 0.155. The summed E-state index contributed by atoms with van der Waals surface area (Å²) in [6.07, 6.45) is 8.00. The second kappa shape index (κ2) is 5.71. The van der Waals surface area contributed by atoms with Crippen molar-refractivity contribution in [3.05, 3.63) is 0 Å². The highest BCUT2D eigenvalue weighted by molar-refractivity contribution is 4.90. The van der Waals surface area contributed by atoms with E-state index >= 15 is 0 Å². The van der Waals surface area contributed by atoms with Gasteiger partial charge in [0.05, 0.1) is 12.2 Å². The lowest BCUT2D eigenvalue weighted by atomic mass is 9.74. The summed E-state index contributed by atoms with van der Waals surface area (Å²) < 4.78 is 6.30. The Hall–Kier alpha value is -0.0800. The largest absolute Gasteiger partial charge is 0.373 e. The van der Waals surface area contributed by atoms with Gasteiger partial charge in [-0.3, -0.25) is 0 Å². The predicted octanol–water partition coefficient (Wildman–Crippen LogP) is 3.22. The number of hydrogen-bond donors (Lipinski definition) is 1. The molecular weight excluding hydrogens is 210 g/mol. The van der Waals surface area contributed by atoms with Crippen LogP contribution in [0.1, 0.15) is 52.4 Å². The van der Waals surface area contributed by atoms with Crippen LogP contribution in [-0.4, -0.2) is 25.8 Å². The summed E-state index contributed by atoms with van der Waals surface area (Å²) in [6, 6.07) is 0. The topological polar surface area (TPSA) is 21.3 Å². The summed E-state index contributed by atoms with van der Waals surface area (Å²) in [5.74, 6) is 2.64. The molecule has 0 spiro atoms. The molecule has 2 fully saturated rings.